The summed E-state index contributed by atoms with van der Waals surface area (Å²) in [6.45, 7) is 7.99. The molecular formula is C29H34F3N3O7S2. The summed E-state index contributed by atoms with van der Waals surface area (Å²) in [7, 11) is -4.26. The van der Waals surface area contributed by atoms with E-state index in [1.807, 2.05) is 62.9 Å². The van der Waals surface area contributed by atoms with Crippen molar-refractivity contribution < 1.29 is 45.6 Å². The number of aryl methyl sites for hydroxylation is 1. The first-order valence-electron chi connectivity index (χ1n) is 13.9. The van der Waals surface area contributed by atoms with Crippen molar-refractivity contribution in [3.05, 3.63) is 70.7 Å². The van der Waals surface area contributed by atoms with Gasteiger partial charge in [0.25, 0.3) is 0 Å². The van der Waals surface area contributed by atoms with Gasteiger partial charge >= 0.3 is 6.36 Å². The van der Waals surface area contributed by atoms with Gasteiger partial charge < -0.3 is 29.0 Å². The normalized spacial score (nSPS) is 22.2. The van der Waals surface area contributed by atoms with Crippen molar-refractivity contribution in [2.75, 3.05) is 24.5 Å². The maximum absolute atomic E-state index is 13.8. The second-order valence-corrected chi connectivity index (χ2v) is 14.3. The highest BCUT2D eigenvalue weighted by atomic mass is 32.2. The zero-order valence-corrected chi connectivity index (χ0v) is 26.2. The number of nitrogens with zero attached hydrogens (tertiary/aromatic N) is 3. The van der Waals surface area contributed by atoms with Gasteiger partial charge in [-0.05, 0) is 57.5 Å². The molecule has 0 radical (unpaired) electrons. The zero-order chi connectivity index (χ0) is 31.9. The summed E-state index contributed by atoms with van der Waals surface area (Å²) in [6, 6.07) is 12.0. The number of hydrogen-bond donors (Lipinski definition) is 1. The minimum absolute atomic E-state index is 0.0323. The molecule has 0 spiro atoms. The lowest BCUT2D eigenvalue weighted by atomic mass is 10.2. The van der Waals surface area contributed by atoms with Crippen molar-refractivity contribution in [2.24, 2.45) is 0 Å². The first kappa shape index (κ1) is 32.6. The van der Waals surface area contributed by atoms with E-state index in [4.69, 9.17) is 19.2 Å². The van der Waals surface area contributed by atoms with Gasteiger partial charge in [0.15, 0.2) is 17.7 Å². The predicted molar refractivity (Wildman–Crippen MR) is 156 cm³/mol. The van der Waals surface area contributed by atoms with Crippen LogP contribution >= 0.6 is 11.3 Å². The van der Waals surface area contributed by atoms with Crippen LogP contribution in [0.2, 0.25) is 0 Å². The molecule has 10 nitrogen and oxygen atoms in total. The van der Waals surface area contributed by atoms with E-state index in [1.54, 1.807) is 0 Å². The van der Waals surface area contributed by atoms with Crippen LogP contribution in [0.4, 0.5) is 18.3 Å². The number of aliphatic hydroxyl groups is 1. The van der Waals surface area contributed by atoms with Gasteiger partial charge in [-0.15, -0.1) is 13.2 Å². The number of rotatable bonds is 10. The molecule has 2 aromatic carbocycles. The molecule has 44 heavy (non-hydrogen) atoms. The summed E-state index contributed by atoms with van der Waals surface area (Å²) in [4.78, 5) is 7.25. The number of halogens is 3. The van der Waals surface area contributed by atoms with Crippen LogP contribution in [0.5, 0.6) is 5.75 Å². The maximum Gasteiger partial charge on any atom is 0.573 e. The van der Waals surface area contributed by atoms with Crippen molar-refractivity contribution in [3.8, 4) is 5.75 Å². The van der Waals surface area contributed by atoms with Crippen molar-refractivity contribution in [2.45, 2.75) is 75.9 Å². The van der Waals surface area contributed by atoms with Crippen LogP contribution in [0, 0.1) is 6.92 Å². The molecule has 2 fully saturated rings. The molecule has 1 aromatic heterocycles. The van der Waals surface area contributed by atoms with Crippen molar-refractivity contribution in [1.82, 2.24) is 9.29 Å². The number of piperazine rings is 1. The first-order chi connectivity index (χ1) is 20.6. The standard InChI is InChI=1S/C29H34F3N3O7S2/c1-18-24(23-26(40-23)42-28(2,3)4)43-27(33-18)34-14-15-35(22(16-34)25(36)39-17-19-8-6-5-7-9-19)44(37,38)21-12-10-20(11-13-21)41-29(30,31)32/h5-13,22-23,25-26,36H,14-17H2,1-4H3/t22-,23?,25?,26?/m1/s1. The molecule has 240 valence electrons. The Kier molecular flexibility index (Phi) is 9.29. The summed E-state index contributed by atoms with van der Waals surface area (Å²) in [5.74, 6) is -0.547. The number of thiazole rings is 1. The number of sulfonamides is 1. The van der Waals surface area contributed by atoms with Crippen LogP contribution in [-0.4, -0.2) is 73.0 Å². The number of hydrogen-bond acceptors (Lipinski definition) is 10. The number of aliphatic hydroxyl groups excluding tert-OH is 1. The molecule has 2 aliphatic rings. The molecule has 2 aliphatic heterocycles. The van der Waals surface area contributed by atoms with Gasteiger partial charge in [-0.2, -0.15) is 4.31 Å². The molecule has 15 heteroatoms. The molecule has 1 N–H and O–H groups in total. The molecule has 0 saturated carbocycles. The fourth-order valence-electron chi connectivity index (χ4n) is 4.83. The Hall–Kier alpha value is -2.79. The highest BCUT2D eigenvalue weighted by molar-refractivity contribution is 7.89. The number of benzene rings is 2. The molecule has 0 aliphatic carbocycles. The quantitative estimate of drug-likeness (QED) is 0.238. The van der Waals surface area contributed by atoms with Gasteiger partial charge in [0.2, 0.25) is 10.0 Å². The Labute approximate surface area is 258 Å². The minimum Gasteiger partial charge on any atom is -0.406 e. The second-order valence-electron chi connectivity index (χ2n) is 11.4. The van der Waals surface area contributed by atoms with Crippen LogP contribution in [-0.2, 0) is 30.8 Å². The van der Waals surface area contributed by atoms with Gasteiger partial charge in [-0.3, -0.25) is 0 Å². The van der Waals surface area contributed by atoms with Crippen molar-refractivity contribution in [1.29, 1.82) is 0 Å². The highest BCUT2D eigenvalue weighted by Crippen LogP contribution is 2.47. The van der Waals surface area contributed by atoms with Gasteiger partial charge in [0.05, 0.1) is 33.7 Å². The molecule has 5 rings (SSSR count). The molecule has 3 heterocycles. The van der Waals surface area contributed by atoms with E-state index in [0.29, 0.717) is 5.13 Å². The summed E-state index contributed by atoms with van der Waals surface area (Å²) < 4.78 is 87.8. The van der Waals surface area contributed by atoms with E-state index < -0.39 is 34.5 Å². The lowest BCUT2D eigenvalue weighted by molar-refractivity contribution is -0.274. The van der Waals surface area contributed by atoms with Crippen LogP contribution in [0.15, 0.2) is 59.5 Å². The third-order valence-corrected chi connectivity index (χ3v) is 10.1. The molecule has 3 aromatic rings. The Balaban J connectivity index is 1.37. The average molecular weight is 658 g/mol. The van der Waals surface area contributed by atoms with Crippen LogP contribution in [0.25, 0.3) is 0 Å². The Morgan fingerprint density at radius 3 is 2.41 bits per heavy atom. The Bertz CT molecular complexity index is 1530. The van der Waals surface area contributed by atoms with E-state index in [-0.39, 0.29) is 49.1 Å². The minimum atomic E-state index is -4.91. The molecule has 2 saturated heterocycles. The largest absolute Gasteiger partial charge is 0.573 e. The third-order valence-electron chi connectivity index (χ3n) is 6.90. The smallest absolute Gasteiger partial charge is 0.406 e. The predicted octanol–water partition coefficient (Wildman–Crippen LogP) is 4.98. The highest BCUT2D eigenvalue weighted by Gasteiger charge is 2.47. The maximum atomic E-state index is 13.8. The number of ether oxygens (including phenoxy) is 4. The lowest BCUT2D eigenvalue weighted by Crippen LogP contribution is -2.60. The number of alkyl halides is 3. The van der Waals surface area contributed by atoms with Gasteiger partial charge in [0, 0.05) is 19.6 Å². The van der Waals surface area contributed by atoms with E-state index >= 15 is 0 Å². The van der Waals surface area contributed by atoms with Gasteiger partial charge in [-0.1, -0.05) is 41.7 Å². The van der Waals surface area contributed by atoms with Crippen LogP contribution < -0.4 is 9.64 Å². The number of aromatic nitrogens is 1. The molecule has 0 amide bonds. The third kappa shape index (κ3) is 7.88. The Morgan fingerprint density at radius 2 is 1.77 bits per heavy atom. The van der Waals surface area contributed by atoms with Gasteiger partial charge in [-0.25, -0.2) is 13.4 Å². The zero-order valence-electron chi connectivity index (χ0n) is 24.5. The van der Waals surface area contributed by atoms with E-state index in [0.717, 1.165) is 44.7 Å². The van der Waals surface area contributed by atoms with E-state index in [9.17, 15) is 26.7 Å². The van der Waals surface area contributed by atoms with E-state index in [1.165, 1.54) is 11.3 Å². The fraction of sp³-hybridized carbons (Fsp3) is 0.483. The second kappa shape index (κ2) is 12.5. The van der Waals surface area contributed by atoms with E-state index in [2.05, 4.69) is 4.74 Å². The topological polar surface area (TPSA) is 114 Å². The molecular weight excluding hydrogens is 623 g/mol. The SMILES string of the molecule is Cc1nc(N2CCN(S(=O)(=O)c3ccc(OC(F)(F)F)cc3)[C@@H](C(O)OCc3ccccc3)C2)sc1C1OC1OC(C)(C)C. The summed E-state index contributed by atoms with van der Waals surface area (Å²) >= 11 is 1.42. The van der Waals surface area contributed by atoms with Crippen LogP contribution in [0.3, 0.4) is 0 Å². The number of anilines is 1. The first-order valence-corrected chi connectivity index (χ1v) is 16.1. The van der Waals surface area contributed by atoms with Crippen molar-refractivity contribution in [3.63, 3.8) is 0 Å². The molecule has 3 unspecified atom stereocenters. The summed E-state index contributed by atoms with van der Waals surface area (Å²) in [6.07, 6.45) is -7.07. The summed E-state index contributed by atoms with van der Waals surface area (Å²) in [5.41, 5.74) is 1.17. The molecule has 0 bridgehead atoms. The van der Waals surface area contributed by atoms with Crippen molar-refractivity contribution >= 4 is 26.5 Å². The lowest BCUT2D eigenvalue weighted by Gasteiger charge is -2.42. The van der Waals surface area contributed by atoms with Crippen LogP contribution in [0.1, 0.15) is 43.0 Å². The molecule has 4 atom stereocenters. The summed E-state index contributed by atoms with van der Waals surface area (Å²) in [5, 5.41) is 11.8. The number of epoxide rings is 1. The fourth-order valence-corrected chi connectivity index (χ4v) is 7.58. The monoisotopic (exact) mass is 657 g/mol. The average Bonchev–Trinajstić information content (AvgIpc) is 3.58. The Morgan fingerprint density at radius 1 is 1.09 bits per heavy atom. The van der Waals surface area contributed by atoms with Gasteiger partial charge in [0.1, 0.15) is 11.9 Å².